The second-order valence-corrected chi connectivity index (χ2v) is 4.23. The number of esters is 1. The number of phenolic OH excluding ortho intramolecular Hbond substituents is 2. The fourth-order valence-corrected chi connectivity index (χ4v) is 1.75. The van der Waals surface area contributed by atoms with E-state index in [-0.39, 0.29) is 17.5 Å². The lowest BCUT2D eigenvalue weighted by atomic mass is 10.1. The minimum Gasteiger partial charge on any atom is -0.508 e. The molecular weight excluding hydrogens is 256 g/mol. The van der Waals surface area contributed by atoms with Gasteiger partial charge in [-0.25, -0.2) is 4.79 Å². The van der Waals surface area contributed by atoms with Gasteiger partial charge in [0.2, 0.25) is 0 Å². The molecule has 0 amide bonds. The number of ether oxygens (including phenoxy) is 1. The molecule has 0 spiro atoms. The maximum absolute atomic E-state index is 11.3. The first kappa shape index (κ1) is 13.7. The van der Waals surface area contributed by atoms with Gasteiger partial charge in [-0.2, -0.15) is 0 Å². The van der Waals surface area contributed by atoms with Gasteiger partial charge in [0.05, 0.1) is 12.7 Å². The van der Waals surface area contributed by atoms with E-state index in [9.17, 15) is 15.0 Å². The van der Waals surface area contributed by atoms with Gasteiger partial charge in [-0.3, -0.25) is 0 Å². The van der Waals surface area contributed by atoms with Crippen LogP contribution in [0.3, 0.4) is 0 Å². The summed E-state index contributed by atoms with van der Waals surface area (Å²) in [6.45, 7) is 0. The van der Waals surface area contributed by atoms with Crippen LogP contribution in [-0.4, -0.2) is 23.3 Å². The predicted octanol–water partition coefficient (Wildman–Crippen LogP) is 3.05. The number of hydrogen-bond acceptors (Lipinski definition) is 4. The Morgan fingerprint density at radius 3 is 2.05 bits per heavy atom. The summed E-state index contributed by atoms with van der Waals surface area (Å²) in [7, 11) is 1.34. The lowest BCUT2D eigenvalue weighted by molar-refractivity contribution is 0.0600. The highest BCUT2D eigenvalue weighted by Crippen LogP contribution is 2.22. The van der Waals surface area contributed by atoms with E-state index in [0.717, 1.165) is 5.56 Å². The van der Waals surface area contributed by atoms with E-state index < -0.39 is 0 Å². The lowest BCUT2D eigenvalue weighted by Gasteiger charge is -2.00. The van der Waals surface area contributed by atoms with Crippen molar-refractivity contribution in [2.75, 3.05) is 7.11 Å². The van der Waals surface area contributed by atoms with Crippen molar-refractivity contribution in [1.82, 2.24) is 0 Å². The van der Waals surface area contributed by atoms with Gasteiger partial charge in [-0.15, -0.1) is 0 Å². The molecule has 0 aliphatic carbocycles. The molecule has 4 nitrogen and oxygen atoms in total. The Morgan fingerprint density at radius 2 is 1.50 bits per heavy atom. The molecule has 2 rings (SSSR count). The highest BCUT2D eigenvalue weighted by atomic mass is 16.5. The summed E-state index contributed by atoms with van der Waals surface area (Å²) in [6.07, 6.45) is 3.57. The van der Waals surface area contributed by atoms with Crippen LogP contribution in [0.15, 0.2) is 42.5 Å². The SMILES string of the molecule is COC(=O)c1ccc(C=Cc2cc(O)cc(O)c2)cc1. The van der Waals surface area contributed by atoms with Gasteiger partial charge in [0.1, 0.15) is 11.5 Å². The van der Waals surface area contributed by atoms with Crippen molar-refractivity contribution in [3.63, 3.8) is 0 Å². The van der Waals surface area contributed by atoms with Crippen LogP contribution in [-0.2, 0) is 4.74 Å². The van der Waals surface area contributed by atoms with Crippen molar-refractivity contribution < 1.29 is 19.7 Å². The topological polar surface area (TPSA) is 66.8 Å². The van der Waals surface area contributed by atoms with Crippen molar-refractivity contribution >= 4 is 18.1 Å². The zero-order valence-electron chi connectivity index (χ0n) is 10.9. The number of carbonyl (C=O) groups is 1. The Morgan fingerprint density at radius 1 is 0.950 bits per heavy atom. The highest BCUT2D eigenvalue weighted by Gasteiger charge is 2.03. The molecule has 4 heteroatoms. The van der Waals surface area contributed by atoms with Gasteiger partial charge >= 0.3 is 5.97 Å². The summed E-state index contributed by atoms with van der Waals surface area (Å²) in [6, 6.07) is 11.3. The molecule has 0 fully saturated rings. The van der Waals surface area contributed by atoms with Gasteiger partial charge in [-0.1, -0.05) is 24.3 Å². The van der Waals surface area contributed by atoms with Gasteiger partial charge in [0.25, 0.3) is 0 Å². The van der Waals surface area contributed by atoms with Crippen LogP contribution in [0.4, 0.5) is 0 Å². The molecule has 2 aromatic rings. The number of benzene rings is 2. The molecule has 0 radical (unpaired) electrons. The second kappa shape index (κ2) is 5.93. The number of carbonyl (C=O) groups excluding carboxylic acids is 1. The van der Waals surface area contributed by atoms with Gasteiger partial charge in [-0.05, 0) is 35.4 Å². The molecule has 0 aromatic heterocycles. The quantitative estimate of drug-likeness (QED) is 0.664. The molecule has 0 bridgehead atoms. The van der Waals surface area contributed by atoms with E-state index in [1.165, 1.54) is 13.2 Å². The predicted molar refractivity (Wildman–Crippen MR) is 76.5 cm³/mol. The molecule has 0 saturated carbocycles. The molecule has 0 aliphatic rings. The third-order valence-corrected chi connectivity index (χ3v) is 2.72. The van der Waals surface area contributed by atoms with Crippen molar-refractivity contribution in [1.29, 1.82) is 0 Å². The average molecular weight is 270 g/mol. The summed E-state index contributed by atoms with van der Waals surface area (Å²) in [4.78, 5) is 11.3. The minimum absolute atomic E-state index is 0.00527. The summed E-state index contributed by atoms with van der Waals surface area (Å²) in [5.41, 5.74) is 2.06. The van der Waals surface area contributed by atoms with Gasteiger partial charge in [0, 0.05) is 6.07 Å². The van der Waals surface area contributed by atoms with Crippen molar-refractivity contribution in [2.24, 2.45) is 0 Å². The molecule has 0 atom stereocenters. The smallest absolute Gasteiger partial charge is 0.337 e. The van der Waals surface area contributed by atoms with Crippen LogP contribution in [0.25, 0.3) is 12.2 Å². The minimum atomic E-state index is -0.376. The summed E-state index contributed by atoms with van der Waals surface area (Å²) in [5, 5.41) is 18.7. The van der Waals surface area contributed by atoms with E-state index >= 15 is 0 Å². The van der Waals surface area contributed by atoms with Crippen LogP contribution in [0.2, 0.25) is 0 Å². The van der Waals surface area contributed by atoms with Crippen molar-refractivity contribution in [3.8, 4) is 11.5 Å². The summed E-state index contributed by atoms with van der Waals surface area (Å²) in [5.74, 6) is -0.366. The molecule has 20 heavy (non-hydrogen) atoms. The van der Waals surface area contributed by atoms with Gasteiger partial charge in [0.15, 0.2) is 0 Å². The molecule has 2 N–H and O–H groups in total. The molecular formula is C16H14O4. The van der Waals surface area contributed by atoms with E-state index in [1.807, 2.05) is 6.08 Å². The first-order valence-corrected chi connectivity index (χ1v) is 5.98. The maximum Gasteiger partial charge on any atom is 0.337 e. The third kappa shape index (κ3) is 3.38. The molecule has 2 aromatic carbocycles. The highest BCUT2D eigenvalue weighted by molar-refractivity contribution is 5.89. The lowest BCUT2D eigenvalue weighted by Crippen LogP contribution is -2.00. The zero-order valence-corrected chi connectivity index (χ0v) is 10.9. The van der Waals surface area contributed by atoms with E-state index in [4.69, 9.17) is 0 Å². The first-order chi connectivity index (χ1) is 9.58. The first-order valence-electron chi connectivity index (χ1n) is 5.98. The van der Waals surface area contributed by atoms with Crippen LogP contribution in [0, 0.1) is 0 Å². The molecule has 0 unspecified atom stereocenters. The largest absolute Gasteiger partial charge is 0.508 e. The van der Waals surface area contributed by atoms with E-state index in [1.54, 1.807) is 42.5 Å². The second-order valence-electron chi connectivity index (χ2n) is 4.23. The number of phenols is 2. The average Bonchev–Trinajstić information content (AvgIpc) is 2.44. The Kier molecular flexibility index (Phi) is 4.05. The van der Waals surface area contributed by atoms with Crippen molar-refractivity contribution in [3.05, 3.63) is 59.2 Å². The van der Waals surface area contributed by atoms with Crippen LogP contribution >= 0.6 is 0 Å². The molecule has 0 heterocycles. The number of rotatable bonds is 3. The van der Waals surface area contributed by atoms with Crippen LogP contribution in [0.5, 0.6) is 11.5 Å². The maximum atomic E-state index is 11.3. The third-order valence-electron chi connectivity index (χ3n) is 2.72. The standard InChI is InChI=1S/C16H14O4/c1-20-16(19)13-6-4-11(5-7-13)2-3-12-8-14(17)10-15(18)9-12/h2-10,17-18H,1H3. The fraction of sp³-hybridized carbons (Fsp3) is 0.0625. The van der Waals surface area contributed by atoms with E-state index in [0.29, 0.717) is 11.1 Å². The molecule has 102 valence electrons. The fourth-order valence-electron chi connectivity index (χ4n) is 1.75. The zero-order chi connectivity index (χ0) is 14.5. The Bertz CT molecular complexity index is 622. The Hall–Kier alpha value is -2.75. The van der Waals surface area contributed by atoms with Crippen molar-refractivity contribution in [2.45, 2.75) is 0 Å². The normalized spacial score (nSPS) is 10.7. The van der Waals surface area contributed by atoms with E-state index in [2.05, 4.69) is 4.74 Å². The van der Waals surface area contributed by atoms with Crippen LogP contribution in [0.1, 0.15) is 21.5 Å². The Balaban J connectivity index is 2.17. The molecule has 0 saturated heterocycles. The number of methoxy groups -OCH3 is 1. The monoisotopic (exact) mass is 270 g/mol. The van der Waals surface area contributed by atoms with Gasteiger partial charge < -0.3 is 14.9 Å². The summed E-state index contributed by atoms with van der Waals surface area (Å²) < 4.78 is 4.62. The van der Waals surface area contributed by atoms with Crippen LogP contribution < -0.4 is 0 Å². The number of aromatic hydroxyl groups is 2. The Labute approximate surface area is 116 Å². The summed E-state index contributed by atoms with van der Waals surface area (Å²) >= 11 is 0. The molecule has 0 aliphatic heterocycles. The number of hydrogen-bond donors (Lipinski definition) is 2.